The van der Waals surface area contributed by atoms with E-state index < -0.39 is 10.0 Å². The Morgan fingerprint density at radius 3 is 1.96 bits per heavy atom. The minimum atomic E-state index is -3.58. The van der Waals surface area contributed by atoms with Crippen molar-refractivity contribution in [2.45, 2.75) is 17.7 Å². The highest BCUT2D eigenvalue weighted by atomic mass is 35.5. The van der Waals surface area contributed by atoms with E-state index in [4.69, 9.17) is 27.9 Å². The summed E-state index contributed by atoms with van der Waals surface area (Å²) in [5.74, 6) is -0.256. The van der Waals surface area contributed by atoms with Crippen LogP contribution in [-0.4, -0.2) is 31.8 Å². The number of carbonyl (C=O) groups is 1. The molecule has 1 heterocycles. The number of halogens is 2. The molecular weight excluding hydrogens is 397 g/mol. The van der Waals surface area contributed by atoms with Gasteiger partial charge in [0.05, 0.1) is 10.8 Å². The molecule has 0 aromatic heterocycles. The fourth-order valence-corrected chi connectivity index (χ4v) is 4.51. The summed E-state index contributed by atoms with van der Waals surface area (Å²) in [6, 6.07) is 12.6. The second-order valence-electron chi connectivity index (χ2n) is 6.01. The lowest BCUT2D eigenvalue weighted by atomic mass is 9.98. The van der Waals surface area contributed by atoms with Gasteiger partial charge in [0.2, 0.25) is 10.0 Å². The highest BCUT2D eigenvalue weighted by Gasteiger charge is 2.33. The number of rotatable bonds is 4. The first-order valence-corrected chi connectivity index (χ1v) is 10.3. The van der Waals surface area contributed by atoms with E-state index in [0.29, 0.717) is 28.6 Å². The maximum absolute atomic E-state index is 12.7. The van der Waals surface area contributed by atoms with Gasteiger partial charge < -0.3 is 4.74 Å². The van der Waals surface area contributed by atoms with Crippen LogP contribution in [-0.2, 0) is 14.8 Å². The number of hydrogen-bond donors (Lipinski definition) is 0. The summed E-state index contributed by atoms with van der Waals surface area (Å²) in [7, 11) is -3.58. The van der Waals surface area contributed by atoms with Crippen LogP contribution in [0.15, 0.2) is 53.4 Å². The zero-order chi connectivity index (χ0) is 18.7. The number of ether oxygens (including phenoxy) is 1. The minimum Gasteiger partial charge on any atom is -0.426 e. The van der Waals surface area contributed by atoms with Gasteiger partial charge in [0.15, 0.2) is 0 Å². The number of piperidine rings is 1. The quantitative estimate of drug-likeness (QED) is 0.561. The lowest BCUT2D eigenvalue weighted by Crippen LogP contribution is -2.41. The lowest BCUT2D eigenvalue weighted by molar-refractivity contribution is -0.140. The van der Waals surface area contributed by atoms with E-state index >= 15 is 0 Å². The predicted molar refractivity (Wildman–Crippen MR) is 100 cm³/mol. The summed E-state index contributed by atoms with van der Waals surface area (Å²) in [5, 5.41) is 1.04. The van der Waals surface area contributed by atoms with Crippen molar-refractivity contribution in [2.75, 3.05) is 13.1 Å². The fourth-order valence-electron chi connectivity index (χ4n) is 2.79. The highest BCUT2D eigenvalue weighted by molar-refractivity contribution is 7.89. The maximum atomic E-state index is 12.7. The van der Waals surface area contributed by atoms with Crippen molar-refractivity contribution in [3.63, 3.8) is 0 Å². The summed E-state index contributed by atoms with van der Waals surface area (Å²) in [6.45, 7) is 0.538. The number of benzene rings is 2. The number of hydrogen-bond acceptors (Lipinski definition) is 4. The van der Waals surface area contributed by atoms with Crippen LogP contribution in [0.4, 0.5) is 0 Å². The second kappa shape index (κ2) is 7.96. The molecule has 1 aliphatic rings. The van der Waals surface area contributed by atoms with Crippen molar-refractivity contribution in [1.29, 1.82) is 0 Å². The molecule has 0 radical (unpaired) electrons. The average Bonchev–Trinajstić information content (AvgIpc) is 2.64. The largest absolute Gasteiger partial charge is 0.426 e. The molecule has 1 fully saturated rings. The first-order valence-electron chi connectivity index (χ1n) is 8.09. The van der Waals surface area contributed by atoms with Crippen molar-refractivity contribution < 1.29 is 17.9 Å². The number of nitrogens with zero attached hydrogens (tertiary/aromatic N) is 1. The topological polar surface area (TPSA) is 63.7 Å². The van der Waals surface area contributed by atoms with Crippen molar-refractivity contribution in [2.24, 2.45) is 5.92 Å². The predicted octanol–water partition coefficient (Wildman–Crippen LogP) is 4.00. The standard InChI is InChI=1S/C18H17Cl2NO4S/c19-14-1-5-16(6-2-14)25-18(22)13-9-11-21(12-10-13)26(23,24)17-7-3-15(20)4-8-17/h1-8,13H,9-12H2. The number of sulfonamides is 1. The highest BCUT2D eigenvalue weighted by Crippen LogP contribution is 2.26. The SMILES string of the molecule is O=C(Oc1ccc(Cl)cc1)C1CCN(S(=O)(=O)c2ccc(Cl)cc2)CC1. The van der Waals surface area contributed by atoms with Crippen molar-refractivity contribution in [3.8, 4) is 5.75 Å². The van der Waals surface area contributed by atoms with Gasteiger partial charge in [-0.2, -0.15) is 4.31 Å². The molecule has 1 aliphatic heterocycles. The Bertz CT molecular complexity index is 874. The van der Waals surface area contributed by atoms with Crippen LogP contribution in [0.1, 0.15) is 12.8 Å². The molecule has 0 atom stereocenters. The summed E-state index contributed by atoms with van der Waals surface area (Å²) >= 11 is 11.6. The van der Waals surface area contributed by atoms with E-state index in [9.17, 15) is 13.2 Å². The molecule has 0 spiro atoms. The van der Waals surface area contributed by atoms with Crippen molar-refractivity contribution in [1.82, 2.24) is 4.31 Å². The molecule has 2 aromatic carbocycles. The van der Waals surface area contributed by atoms with Gasteiger partial charge in [0.1, 0.15) is 5.75 Å². The summed E-state index contributed by atoms with van der Waals surface area (Å²) in [5.41, 5.74) is 0. The van der Waals surface area contributed by atoms with Gasteiger partial charge in [-0.3, -0.25) is 4.79 Å². The third-order valence-corrected chi connectivity index (χ3v) is 6.69. The average molecular weight is 414 g/mol. The van der Waals surface area contributed by atoms with Gasteiger partial charge in [-0.15, -0.1) is 0 Å². The monoisotopic (exact) mass is 413 g/mol. The van der Waals surface area contributed by atoms with Gasteiger partial charge in [0, 0.05) is 23.1 Å². The van der Waals surface area contributed by atoms with Crippen LogP contribution >= 0.6 is 23.2 Å². The molecule has 0 saturated carbocycles. The van der Waals surface area contributed by atoms with Gasteiger partial charge >= 0.3 is 5.97 Å². The van der Waals surface area contributed by atoms with Gasteiger partial charge in [0.25, 0.3) is 0 Å². The lowest BCUT2D eigenvalue weighted by Gasteiger charge is -2.30. The maximum Gasteiger partial charge on any atom is 0.314 e. The molecule has 5 nitrogen and oxygen atoms in total. The van der Waals surface area contributed by atoms with Crippen LogP contribution in [0.3, 0.4) is 0 Å². The Balaban J connectivity index is 1.60. The molecule has 0 N–H and O–H groups in total. The Hall–Kier alpha value is -1.60. The van der Waals surface area contributed by atoms with Crippen LogP contribution in [0, 0.1) is 5.92 Å². The molecule has 26 heavy (non-hydrogen) atoms. The molecule has 0 bridgehead atoms. The van der Waals surface area contributed by atoms with E-state index in [-0.39, 0.29) is 29.9 Å². The van der Waals surface area contributed by atoms with Gasteiger partial charge in [-0.25, -0.2) is 8.42 Å². The van der Waals surface area contributed by atoms with E-state index in [1.54, 1.807) is 36.4 Å². The molecule has 138 valence electrons. The Kier molecular flexibility index (Phi) is 5.87. The van der Waals surface area contributed by atoms with Crippen molar-refractivity contribution >= 4 is 39.2 Å². The smallest absolute Gasteiger partial charge is 0.314 e. The van der Waals surface area contributed by atoms with E-state index in [1.807, 2.05) is 0 Å². The van der Waals surface area contributed by atoms with E-state index in [0.717, 1.165) is 0 Å². The summed E-state index contributed by atoms with van der Waals surface area (Å²) < 4.78 is 32.0. The van der Waals surface area contributed by atoms with Crippen molar-refractivity contribution in [3.05, 3.63) is 58.6 Å². The minimum absolute atomic E-state index is 0.198. The summed E-state index contributed by atoms with van der Waals surface area (Å²) in [4.78, 5) is 12.5. The second-order valence-corrected chi connectivity index (χ2v) is 8.82. The normalized spacial score (nSPS) is 16.4. The summed E-state index contributed by atoms with van der Waals surface area (Å²) in [6.07, 6.45) is 0.832. The zero-order valence-corrected chi connectivity index (χ0v) is 16.1. The number of esters is 1. The third kappa shape index (κ3) is 4.38. The molecule has 8 heteroatoms. The van der Waals surface area contributed by atoms with Gasteiger partial charge in [-0.05, 0) is 61.4 Å². The van der Waals surface area contributed by atoms with E-state index in [1.165, 1.54) is 16.4 Å². The molecule has 1 saturated heterocycles. The molecule has 2 aromatic rings. The Morgan fingerprint density at radius 2 is 1.42 bits per heavy atom. The number of carbonyl (C=O) groups excluding carboxylic acids is 1. The van der Waals surface area contributed by atoms with E-state index in [2.05, 4.69) is 0 Å². The third-order valence-electron chi connectivity index (χ3n) is 4.27. The Morgan fingerprint density at radius 1 is 0.923 bits per heavy atom. The molecule has 0 aliphatic carbocycles. The fraction of sp³-hybridized carbons (Fsp3) is 0.278. The molecule has 0 amide bonds. The van der Waals surface area contributed by atoms with Crippen LogP contribution < -0.4 is 4.74 Å². The Labute approximate surface area is 162 Å². The molecular formula is C18H17Cl2NO4S. The van der Waals surface area contributed by atoms with Crippen LogP contribution in [0.2, 0.25) is 10.0 Å². The van der Waals surface area contributed by atoms with Gasteiger partial charge in [-0.1, -0.05) is 23.2 Å². The van der Waals surface area contributed by atoms with Crippen LogP contribution in [0.25, 0.3) is 0 Å². The molecule has 0 unspecified atom stereocenters. The first-order chi connectivity index (χ1) is 12.4. The van der Waals surface area contributed by atoms with Crippen LogP contribution in [0.5, 0.6) is 5.75 Å². The first kappa shape index (κ1) is 19.2. The zero-order valence-electron chi connectivity index (χ0n) is 13.8. The molecule has 3 rings (SSSR count).